The van der Waals surface area contributed by atoms with Gasteiger partial charge in [-0.15, -0.1) is 0 Å². The molecule has 1 aromatic rings. The second-order valence-corrected chi connectivity index (χ2v) is 6.84. The van der Waals surface area contributed by atoms with Crippen LogP contribution in [0.3, 0.4) is 0 Å². The van der Waals surface area contributed by atoms with E-state index in [2.05, 4.69) is 0 Å². The summed E-state index contributed by atoms with van der Waals surface area (Å²) in [6, 6.07) is 3.48. The maximum absolute atomic E-state index is 11.3. The predicted octanol–water partition coefficient (Wildman–Crippen LogP) is 4.00. The van der Waals surface area contributed by atoms with Crippen LogP contribution in [-0.4, -0.2) is 11.2 Å². The topological polar surface area (TPSA) is 60.2 Å². The van der Waals surface area contributed by atoms with Crippen LogP contribution in [0.5, 0.6) is 0 Å². The number of aldehydes is 1. The van der Waals surface area contributed by atoms with Crippen LogP contribution in [0.1, 0.15) is 63.0 Å². The Labute approximate surface area is 114 Å². The summed E-state index contributed by atoms with van der Waals surface area (Å²) in [5.41, 5.74) is 1.07. The molecule has 0 spiro atoms. The Morgan fingerprint density at radius 2 is 1.58 bits per heavy atom. The molecule has 4 heteroatoms. The van der Waals surface area contributed by atoms with E-state index in [-0.39, 0.29) is 22.1 Å². The number of rotatable bonds is 2. The number of nitrogens with zero attached hydrogens (tertiary/aromatic N) is 1. The standard InChI is InChI=1S/C15H21NO3/c1-14(2,3)11-7-10(9-17)13(16(18)19)12(8-11)15(4,5)6/h7-9H,1-6H3. The third-order valence-electron chi connectivity index (χ3n) is 3.12. The van der Waals surface area contributed by atoms with Crippen molar-refractivity contribution in [2.24, 2.45) is 0 Å². The van der Waals surface area contributed by atoms with Gasteiger partial charge in [0.15, 0.2) is 6.29 Å². The van der Waals surface area contributed by atoms with Gasteiger partial charge in [0.1, 0.15) is 0 Å². The molecule has 0 fully saturated rings. The van der Waals surface area contributed by atoms with Crippen molar-refractivity contribution in [1.29, 1.82) is 0 Å². The number of nitro groups is 1. The fourth-order valence-corrected chi connectivity index (χ4v) is 1.96. The molecular formula is C15H21NO3. The van der Waals surface area contributed by atoms with E-state index in [1.165, 1.54) is 0 Å². The lowest BCUT2D eigenvalue weighted by atomic mass is 9.78. The van der Waals surface area contributed by atoms with Gasteiger partial charge in [0.05, 0.1) is 10.5 Å². The lowest BCUT2D eigenvalue weighted by molar-refractivity contribution is -0.386. The molecule has 1 rings (SSSR count). The Bertz CT molecular complexity index is 519. The number of carbonyl (C=O) groups is 1. The first-order valence-electron chi connectivity index (χ1n) is 6.27. The van der Waals surface area contributed by atoms with Crippen molar-refractivity contribution >= 4 is 12.0 Å². The molecule has 0 saturated heterocycles. The second-order valence-electron chi connectivity index (χ2n) is 6.84. The summed E-state index contributed by atoms with van der Waals surface area (Å²) < 4.78 is 0. The highest BCUT2D eigenvalue weighted by Crippen LogP contribution is 2.37. The number of hydrogen-bond donors (Lipinski definition) is 0. The highest BCUT2D eigenvalue weighted by atomic mass is 16.6. The van der Waals surface area contributed by atoms with Crippen molar-refractivity contribution < 1.29 is 9.72 Å². The Balaban J connectivity index is 3.75. The van der Waals surface area contributed by atoms with Gasteiger partial charge in [-0.3, -0.25) is 14.9 Å². The minimum atomic E-state index is -0.462. The minimum absolute atomic E-state index is 0.0736. The van der Waals surface area contributed by atoms with Gasteiger partial charge < -0.3 is 0 Å². The molecular weight excluding hydrogens is 242 g/mol. The highest BCUT2D eigenvalue weighted by Gasteiger charge is 2.30. The largest absolute Gasteiger partial charge is 0.298 e. The molecule has 0 aliphatic rings. The molecule has 0 amide bonds. The molecule has 0 saturated carbocycles. The summed E-state index contributed by atoms with van der Waals surface area (Å²) in [5, 5.41) is 11.3. The van der Waals surface area contributed by atoms with E-state index < -0.39 is 4.92 Å². The van der Waals surface area contributed by atoms with E-state index in [4.69, 9.17) is 0 Å². The number of carbonyl (C=O) groups excluding carboxylic acids is 1. The van der Waals surface area contributed by atoms with Gasteiger partial charge in [-0.25, -0.2) is 0 Å². The monoisotopic (exact) mass is 263 g/mol. The van der Waals surface area contributed by atoms with Crippen LogP contribution in [-0.2, 0) is 10.8 Å². The van der Waals surface area contributed by atoms with Gasteiger partial charge in [0.2, 0.25) is 0 Å². The lowest BCUT2D eigenvalue weighted by Crippen LogP contribution is -2.19. The first-order valence-corrected chi connectivity index (χ1v) is 6.27. The van der Waals surface area contributed by atoms with Crippen LogP contribution in [0.25, 0.3) is 0 Å². The van der Waals surface area contributed by atoms with Crippen molar-refractivity contribution in [2.75, 3.05) is 0 Å². The Morgan fingerprint density at radius 1 is 1.05 bits per heavy atom. The van der Waals surface area contributed by atoms with Gasteiger partial charge in [0.25, 0.3) is 5.69 Å². The van der Waals surface area contributed by atoms with E-state index in [0.717, 1.165) is 5.56 Å². The molecule has 0 aliphatic heterocycles. The van der Waals surface area contributed by atoms with Gasteiger partial charge in [-0.1, -0.05) is 41.5 Å². The van der Waals surface area contributed by atoms with Crippen LogP contribution < -0.4 is 0 Å². The molecule has 0 radical (unpaired) electrons. The summed E-state index contributed by atoms with van der Waals surface area (Å²) in [6.45, 7) is 11.8. The molecule has 0 N–H and O–H groups in total. The zero-order valence-electron chi connectivity index (χ0n) is 12.4. The smallest absolute Gasteiger partial charge is 0.283 e. The molecule has 0 aliphatic carbocycles. The van der Waals surface area contributed by atoms with E-state index in [1.807, 2.05) is 47.6 Å². The van der Waals surface area contributed by atoms with Crippen LogP contribution >= 0.6 is 0 Å². The molecule has 4 nitrogen and oxygen atoms in total. The van der Waals surface area contributed by atoms with Crippen molar-refractivity contribution in [3.8, 4) is 0 Å². The summed E-state index contributed by atoms with van der Waals surface area (Å²) in [6.07, 6.45) is 0.572. The molecule has 0 unspecified atom stereocenters. The zero-order valence-corrected chi connectivity index (χ0v) is 12.4. The number of benzene rings is 1. The summed E-state index contributed by atoms with van der Waals surface area (Å²) in [5.74, 6) is 0. The molecule has 1 aromatic carbocycles. The van der Waals surface area contributed by atoms with E-state index in [9.17, 15) is 14.9 Å². The second kappa shape index (κ2) is 4.76. The molecule has 104 valence electrons. The minimum Gasteiger partial charge on any atom is -0.298 e. The quantitative estimate of drug-likeness (QED) is 0.460. The first kappa shape index (κ1) is 15.3. The molecule has 0 atom stereocenters. The fourth-order valence-electron chi connectivity index (χ4n) is 1.96. The summed E-state index contributed by atoms with van der Waals surface area (Å²) in [4.78, 5) is 22.0. The van der Waals surface area contributed by atoms with Crippen LogP contribution in [0, 0.1) is 10.1 Å². The first-order chi connectivity index (χ1) is 8.48. The number of hydrogen-bond acceptors (Lipinski definition) is 3. The maximum Gasteiger partial charge on any atom is 0.283 e. The van der Waals surface area contributed by atoms with E-state index in [0.29, 0.717) is 11.8 Å². The predicted molar refractivity (Wildman–Crippen MR) is 75.9 cm³/mol. The third kappa shape index (κ3) is 3.19. The average molecular weight is 263 g/mol. The lowest BCUT2D eigenvalue weighted by Gasteiger charge is -2.25. The van der Waals surface area contributed by atoms with Gasteiger partial charge in [-0.2, -0.15) is 0 Å². The molecule has 0 aromatic heterocycles. The summed E-state index contributed by atoms with van der Waals surface area (Å²) in [7, 11) is 0. The van der Waals surface area contributed by atoms with Crippen molar-refractivity contribution in [2.45, 2.75) is 52.4 Å². The van der Waals surface area contributed by atoms with Crippen LogP contribution in [0.15, 0.2) is 12.1 Å². The normalized spacial score (nSPS) is 12.3. The Hall–Kier alpha value is -1.71. The third-order valence-corrected chi connectivity index (χ3v) is 3.12. The summed E-state index contributed by atoms with van der Waals surface area (Å²) >= 11 is 0. The molecule has 0 bridgehead atoms. The van der Waals surface area contributed by atoms with E-state index in [1.54, 1.807) is 6.07 Å². The zero-order chi connectivity index (χ0) is 15.0. The number of nitro benzene ring substituents is 1. The maximum atomic E-state index is 11.3. The van der Waals surface area contributed by atoms with Gasteiger partial charge in [-0.05, 0) is 28.5 Å². The van der Waals surface area contributed by atoms with Crippen LogP contribution in [0.2, 0.25) is 0 Å². The fraction of sp³-hybridized carbons (Fsp3) is 0.533. The Morgan fingerprint density at radius 3 is 1.89 bits per heavy atom. The Kier molecular flexibility index (Phi) is 3.84. The highest BCUT2D eigenvalue weighted by molar-refractivity contribution is 5.83. The van der Waals surface area contributed by atoms with Crippen LogP contribution in [0.4, 0.5) is 5.69 Å². The average Bonchev–Trinajstić information content (AvgIpc) is 2.24. The van der Waals surface area contributed by atoms with Gasteiger partial charge in [0, 0.05) is 5.56 Å². The molecule has 0 heterocycles. The SMILES string of the molecule is CC(C)(C)c1cc(C=O)c([N+](=O)[O-])c(C(C)(C)C)c1. The van der Waals surface area contributed by atoms with Crippen molar-refractivity contribution in [3.05, 3.63) is 38.9 Å². The van der Waals surface area contributed by atoms with E-state index >= 15 is 0 Å². The van der Waals surface area contributed by atoms with Gasteiger partial charge >= 0.3 is 0 Å². The van der Waals surface area contributed by atoms with Crippen molar-refractivity contribution in [3.63, 3.8) is 0 Å². The molecule has 19 heavy (non-hydrogen) atoms. The van der Waals surface area contributed by atoms with Crippen molar-refractivity contribution in [1.82, 2.24) is 0 Å².